The van der Waals surface area contributed by atoms with Crippen LogP contribution in [0.3, 0.4) is 0 Å². The molecule has 0 spiro atoms. The molecule has 1 aromatic heterocycles. The molecule has 1 saturated carbocycles. The fourth-order valence-corrected chi connectivity index (χ4v) is 3.50. The van der Waals surface area contributed by atoms with Gasteiger partial charge in [-0.1, -0.05) is 6.42 Å². The summed E-state index contributed by atoms with van der Waals surface area (Å²) in [6.07, 6.45) is 4.72. The summed E-state index contributed by atoms with van der Waals surface area (Å²) in [5.74, 6) is 0.388. The Bertz CT molecular complexity index is 521. The van der Waals surface area contributed by atoms with Crippen LogP contribution in [-0.2, 0) is 10.0 Å². The first kappa shape index (κ1) is 17.2. The second-order valence-electron chi connectivity index (χ2n) is 4.78. The van der Waals surface area contributed by atoms with Gasteiger partial charge in [0.1, 0.15) is 4.90 Å². The van der Waals surface area contributed by atoms with Gasteiger partial charge in [0, 0.05) is 18.2 Å². The third-order valence-electron chi connectivity index (χ3n) is 3.27. The maximum atomic E-state index is 12.2. The van der Waals surface area contributed by atoms with Gasteiger partial charge in [-0.25, -0.2) is 18.1 Å². The lowest BCUT2D eigenvalue weighted by molar-refractivity contribution is 0.371. The van der Waals surface area contributed by atoms with Crippen molar-refractivity contribution < 1.29 is 13.2 Å². The van der Waals surface area contributed by atoms with Crippen LogP contribution in [0.15, 0.2) is 23.2 Å². The van der Waals surface area contributed by atoms with Crippen molar-refractivity contribution in [3.8, 4) is 5.88 Å². The number of aromatic nitrogens is 1. The zero-order valence-electron chi connectivity index (χ0n) is 11.3. The summed E-state index contributed by atoms with van der Waals surface area (Å²) in [5.41, 5.74) is 5.86. The molecule has 3 N–H and O–H groups in total. The molecule has 1 heterocycles. The highest BCUT2D eigenvalue weighted by atomic mass is 35.5. The quantitative estimate of drug-likeness (QED) is 0.864. The van der Waals surface area contributed by atoms with Crippen LogP contribution in [0.5, 0.6) is 5.88 Å². The average molecular weight is 322 g/mol. The van der Waals surface area contributed by atoms with Gasteiger partial charge in [-0.15, -0.1) is 12.4 Å². The molecule has 8 heteroatoms. The highest BCUT2D eigenvalue weighted by molar-refractivity contribution is 7.89. The molecule has 0 saturated heterocycles. The summed E-state index contributed by atoms with van der Waals surface area (Å²) in [7, 11) is -2.05. The van der Waals surface area contributed by atoms with E-state index in [2.05, 4.69) is 9.71 Å². The topological polar surface area (TPSA) is 94.3 Å². The maximum absolute atomic E-state index is 12.2. The Morgan fingerprint density at radius 1 is 1.40 bits per heavy atom. The van der Waals surface area contributed by atoms with Crippen molar-refractivity contribution in [3.63, 3.8) is 0 Å². The smallest absolute Gasteiger partial charge is 0.242 e. The minimum atomic E-state index is -3.53. The SMILES string of the molecule is COc1ccc(S(=O)(=O)NC2CCCC(N)C2)cn1.Cl. The lowest BCUT2D eigenvalue weighted by Gasteiger charge is -2.27. The van der Waals surface area contributed by atoms with Gasteiger partial charge < -0.3 is 10.5 Å². The van der Waals surface area contributed by atoms with E-state index in [1.807, 2.05) is 0 Å². The number of sulfonamides is 1. The van der Waals surface area contributed by atoms with Gasteiger partial charge in [0.2, 0.25) is 15.9 Å². The number of nitrogens with zero attached hydrogens (tertiary/aromatic N) is 1. The highest BCUT2D eigenvalue weighted by Gasteiger charge is 2.25. The Kier molecular flexibility index (Phi) is 6.19. The third-order valence-corrected chi connectivity index (χ3v) is 4.77. The fourth-order valence-electron chi connectivity index (χ4n) is 2.27. The molecule has 2 rings (SSSR count). The fraction of sp³-hybridized carbons (Fsp3) is 0.583. The van der Waals surface area contributed by atoms with Crippen LogP contribution >= 0.6 is 12.4 Å². The highest BCUT2D eigenvalue weighted by Crippen LogP contribution is 2.19. The van der Waals surface area contributed by atoms with Crippen LogP contribution in [0.2, 0.25) is 0 Å². The van der Waals surface area contributed by atoms with Crippen molar-refractivity contribution in [1.82, 2.24) is 9.71 Å². The number of hydrogen-bond acceptors (Lipinski definition) is 5. The van der Waals surface area contributed by atoms with Crippen molar-refractivity contribution in [3.05, 3.63) is 18.3 Å². The Morgan fingerprint density at radius 3 is 2.70 bits per heavy atom. The van der Waals surface area contributed by atoms with Gasteiger partial charge in [-0.05, 0) is 25.3 Å². The number of pyridine rings is 1. The summed E-state index contributed by atoms with van der Waals surface area (Å²) >= 11 is 0. The van der Waals surface area contributed by atoms with Gasteiger partial charge in [0.25, 0.3) is 0 Å². The van der Waals surface area contributed by atoms with E-state index in [4.69, 9.17) is 10.5 Å². The van der Waals surface area contributed by atoms with E-state index < -0.39 is 10.0 Å². The second-order valence-corrected chi connectivity index (χ2v) is 6.50. The molecule has 2 unspecified atom stereocenters. The molecule has 0 radical (unpaired) electrons. The van der Waals surface area contributed by atoms with E-state index in [-0.39, 0.29) is 29.4 Å². The Morgan fingerprint density at radius 2 is 2.15 bits per heavy atom. The minimum Gasteiger partial charge on any atom is -0.481 e. The van der Waals surface area contributed by atoms with Crippen molar-refractivity contribution in [2.24, 2.45) is 5.73 Å². The molecule has 0 bridgehead atoms. The summed E-state index contributed by atoms with van der Waals surface area (Å²) in [6.45, 7) is 0. The summed E-state index contributed by atoms with van der Waals surface area (Å²) in [6, 6.07) is 3.00. The number of methoxy groups -OCH3 is 1. The van der Waals surface area contributed by atoms with Crippen molar-refractivity contribution in [2.75, 3.05) is 7.11 Å². The molecule has 1 aliphatic carbocycles. The molecule has 0 aliphatic heterocycles. The molecule has 20 heavy (non-hydrogen) atoms. The first-order valence-electron chi connectivity index (χ1n) is 6.29. The van der Waals surface area contributed by atoms with Gasteiger partial charge in [-0.2, -0.15) is 0 Å². The molecular formula is C12H20ClN3O3S. The number of hydrogen-bond donors (Lipinski definition) is 2. The molecule has 0 aromatic carbocycles. The number of ether oxygens (including phenoxy) is 1. The zero-order chi connectivity index (χ0) is 13.9. The Hall–Kier alpha value is -0.890. The first-order valence-corrected chi connectivity index (χ1v) is 7.77. The van der Waals surface area contributed by atoms with Crippen molar-refractivity contribution in [2.45, 2.75) is 42.7 Å². The minimum absolute atomic E-state index is 0. The summed E-state index contributed by atoms with van der Waals surface area (Å²) in [4.78, 5) is 4.05. The van der Waals surface area contributed by atoms with Crippen molar-refractivity contribution >= 4 is 22.4 Å². The standard InChI is InChI=1S/C12H19N3O3S.ClH/c1-18-12-6-5-11(8-14-12)19(16,17)15-10-4-2-3-9(13)7-10;/h5-6,8-10,15H,2-4,7,13H2,1H3;1H. The number of halogens is 1. The van der Waals surface area contributed by atoms with E-state index in [1.165, 1.54) is 25.4 Å². The average Bonchev–Trinajstić information content (AvgIpc) is 2.38. The Labute approximate surface area is 125 Å². The first-order chi connectivity index (χ1) is 9.01. The summed E-state index contributed by atoms with van der Waals surface area (Å²) in [5, 5.41) is 0. The van der Waals surface area contributed by atoms with E-state index in [0.29, 0.717) is 12.3 Å². The molecule has 1 fully saturated rings. The van der Waals surface area contributed by atoms with E-state index in [1.54, 1.807) is 0 Å². The lowest BCUT2D eigenvalue weighted by Crippen LogP contribution is -2.42. The third kappa shape index (κ3) is 4.31. The van der Waals surface area contributed by atoms with Crippen LogP contribution < -0.4 is 15.2 Å². The van der Waals surface area contributed by atoms with Crippen LogP contribution in [0.4, 0.5) is 0 Å². The Balaban J connectivity index is 0.00000200. The van der Waals surface area contributed by atoms with Gasteiger partial charge in [-0.3, -0.25) is 0 Å². The zero-order valence-corrected chi connectivity index (χ0v) is 12.9. The predicted octanol–water partition coefficient (Wildman–Crippen LogP) is 1.06. The predicted molar refractivity (Wildman–Crippen MR) is 78.6 cm³/mol. The normalized spacial score (nSPS) is 22.9. The molecule has 1 aromatic rings. The molecule has 6 nitrogen and oxygen atoms in total. The largest absolute Gasteiger partial charge is 0.481 e. The lowest BCUT2D eigenvalue weighted by atomic mass is 9.92. The van der Waals surface area contributed by atoms with E-state index >= 15 is 0 Å². The van der Waals surface area contributed by atoms with Crippen LogP contribution in [0, 0.1) is 0 Å². The second kappa shape index (κ2) is 7.21. The monoisotopic (exact) mass is 321 g/mol. The van der Waals surface area contributed by atoms with Crippen LogP contribution in [0.1, 0.15) is 25.7 Å². The van der Waals surface area contributed by atoms with Crippen LogP contribution in [0.25, 0.3) is 0 Å². The number of nitrogens with two attached hydrogens (primary N) is 1. The molecule has 2 atom stereocenters. The van der Waals surface area contributed by atoms with Gasteiger partial charge >= 0.3 is 0 Å². The molecule has 114 valence electrons. The number of rotatable bonds is 4. The van der Waals surface area contributed by atoms with Crippen LogP contribution in [-0.4, -0.2) is 32.6 Å². The molecular weight excluding hydrogens is 302 g/mol. The van der Waals surface area contributed by atoms with Crippen molar-refractivity contribution in [1.29, 1.82) is 0 Å². The molecule has 0 amide bonds. The molecule has 1 aliphatic rings. The summed E-state index contributed by atoms with van der Waals surface area (Å²) < 4.78 is 31.9. The van der Waals surface area contributed by atoms with Gasteiger partial charge in [0.05, 0.1) is 13.3 Å². The number of nitrogens with one attached hydrogen (secondary N) is 1. The maximum Gasteiger partial charge on any atom is 0.242 e. The van der Waals surface area contributed by atoms with E-state index in [0.717, 1.165) is 19.3 Å². The van der Waals surface area contributed by atoms with E-state index in [9.17, 15) is 8.42 Å². The van der Waals surface area contributed by atoms with Gasteiger partial charge in [0.15, 0.2) is 0 Å².